The second-order valence-corrected chi connectivity index (χ2v) is 4.37. The number of aryl methyl sites for hydroxylation is 1. The van der Waals surface area contributed by atoms with Crippen LogP contribution in [0.15, 0.2) is 24.4 Å². The van der Waals surface area contributed by atoms with E-state index in [1.807, 2.05) is 0 Å². The molecule has 1 heterocycles. The maximum atomic E-state index is 13.6. The molecule has 0 spiro atoms. The third-order valence-electron chi connectivity index (χ3n) is 2.84. The summed E-state index contributed by atoms with van der Waals surface area (Å²) in [5, 5.41) is 7.74. The van der Waals surface area contributed by atoms with Crippen LogP contribution in [0.1, 0.15) is 11.3 Å². The first kappa shape index (κ1) is 13.6. The van der Waals surface area contributed by atoms with Crippen LogP contribution in [0.4, 0.5) is 8.78 Å². The van der Waals surface area contributed by atoms with E-state index in [1.54, 1.807) is 24.0 Å². The molecule has 2 rings (SSSR count). The van der Waals surface area contributed by atoms with Crippen molar-refractivity contribution in [3.63, 3.8) is 0 Å². The standard InChI is InChI=1S/C12H15F2N5/c1-19-7-10(17-18-19)6-9(16-15)5-8-3-2-4-11(13)12(8)14/h2-4,7,9,16H,5-6,15H2,1H3. The molecule has 3 N–H and O–H groups in total. The van der Waals surface area contributed by atoms with Crippen LogP contribution in [0, 0.1) is 11.6 Å². The highest BCUT2D eigenvalue weighted by molar-refractivity contribution is 5.20. The molecule has 1 aromatic carbocycles. The van der Waals surface area contributed by atoms with Gasteiger partial charge >= 0.3 is 0 Å². The monoisotopic (exact) mass is 267 g/mol. The number of nitrogens with one attached hydrogen (secondary N) is 1. The van der Waals surface area contributed by atoms with Gasteiger partial charge in [-0.25, -0.2) is 8.78 Å². The smallest absolute Gasteiger partial charge is 0.162 e. The fourth-order valence-electron chi connectivity index (χ4n) is 1.90. The molecule has 7 heteroatoms. The van der Waals surface area contributed by atoms with Crippen molar-refractivity contribution in [3.8, 4) is 0 Å². The normalized spacial score (nSPS) is 12.6. The van der Waals surface area contributed by atoms with Gasteiger partial charge in [-0.1, -0.05) is 17.3 Å². The Labute approximate surface area is 109 Å². The first-order valence-electron chi connectivity index (χ1n) is 5.84. The molecule has 0 fully saturated rings. The summed E-state index contributed by atoms with van der Waals surface area (Å²) in [6.07, 6.45) is 2.52. The van der Waals surface area contributed by atoms with Gasteiger partial charge in [0, 0.05) is 25.7 Å². The Morgan fingerprint density at radius 1 is 1.37 bits per heavy atom. The summed E-state index contributed by atoms with van der Waals surface area (Å²) < 4.78 is 28.3. The van der Waals surface area contributed by atoms with Crippen molar-refractivity contribution >= 4 is 0 Å². The van der Waals surface area contributed by atoms with Crippen LogP contribution >= 0.6 is 0 Å². The molecule has 2 aromatic rings. The number of hydrazine groups is 1. The highest BCUT2D eigenvalue weighted by atomic mass is 19.2. The number of hydrogen-bond acceptors (Lipinski definition) is 4. The maximum absolute atomic E-state index is 13.6. The van der Waals surface area contributed by atoms with E-state index in [0.29, 0.717) is 6.42 Å². The van der Waals surface area contributed by atoms with E-state index in [1.165, 1.54) is 6.07 Å². The Bertz CT molecular complexity index is 555. The van der Waals surface area contributed by atoms with Crippen LogP contribution in [0.5, 0.6) is 0 Å². The number of rotatable bonds is 5. The Balaban J connectivity index is 2.08. The minimum absolute atomic E-state index is 0.243. The number of hydrogen-bond donors (Lipinski definition) is 2. The SMILES string of the molecule is Cn1cc(CC(Cc2cccc(F)c2F)NN)nn1. The molecule has 0 aliphatic heterocycles. The number of benzene rings is 1. The quantitative estimate of drug-likeness (QED) is 0.618. The lowest BCUT2D eigenvalue weighted by atomic mass is 10.0. The lowest BCUT2D eigenvalue weighted by Gasteiger charge is -2.15. The molecule has 102 valence electrons. The van der Waals surface area contributed by atoms with Crippen molar-refractivity contribution in [2.75, 3.05) is 0 Å². The Kier molecular flexibility index (Phi) is 4.18. The van der Waals surface area contributed by atoms with Gasteiger partial charge in [-0.2, -0.15) is 0 Å². The van der Waals surface area contributed by atoms with Crippen molar-refractivity contribution < 1.29 is 8.78 Å². The largest absolute Gasteiger partial charge is 0.271 e. The van der Waals surface area contributed by atoms with Gasteiger partial charge in [0.2, 0.25) is 0 Å². The van der Waals surface area contributed by atoms with Crippen LogP contribution in [-0.4, -0.2) is 21.0 Å². The number of nitrogens with zero attached hydrogens (tertiary/aromatic N) is 3. The van der Waals surface area contributed by atoms with E-state index in [2.05, 4.69) is 15.7 Å². The molecule has 1 atom stereocenters. The third-order valence-corrected chi connectivity index (χ3v) is 2.84. The third kappa shape index (κ3) is 3.33. The fraction of sp³-hybridized carbons (Fsp3) is 0.333. The average molecular weight is 267 g/mol. The second-order valence-electron chi connectivity index (χ2n) is 4.37. The van der Waals surface area contributed by atoms with Crippen LogP contribution in [0.25, 0.3) is 0 Å². The maximum Gasteiger partial charge on any atom is 0.162 e. The summed E-state index contributed by atoms with van der Waals surface area (Å²) in [7, 11) is 1.76. The number of nitrogens with two attached hydrogens (primary N) is 1. The fourth-order valence-corrected chi connectivity index (χ4v) is 1.90. The number of halogens is 2. The molecule has 1 aromatic heterocycles. The predicted molar refractivity (Wildman–Crippen MR) is 65.9 cm³/mol. The Hall–Kier alpha value is -1.86. The number of aromatic nitrogens is 3. The lowest BCUT2D eigenvalue weighted by Crippen LogP contribution is -2.38. The van der Waals surface area contributed by atoms with Crippen molar-refractivity contribution in [1.29, 1.82) is 0 Å². The van der Waals surface area contributed by atoms with Crippen molar-refractivity contribution in [3.05, 3.63) is 47.3 Å². The summed E-state index contributed by atoms with van der Waals surface area (Å²) in [6, 6.07) is 3.86. The zero-order chi connectivity index (χ0) is 13.8. The zero-order valence-electron chi connectivity index (χ0n) is 10.5. The van der Waals surface area contributed by atoms with Gasteiger partial charge in [0.15, 0.2) is 11.6 Å². The summed E-state index contributed by atoms with van der Waals surface area (Å²) in [5.74, 6) is 3.76. The summed E-state index contributed by atoms with van der Waals surface area (Å²) >= 11 is 0. The highest BCUT2D eigenvalue weighted by Crippen LogP contribution is 2.14. The van der Waals surface area contributed by atoms with Gasteiger partial charge in [0.25, 0.3) is 0 Å². The molecule has 0 amide bonds. The molecule has 1 unspecified atom stereocenters. The van der Waals surface area contributed by atoms with E-state index >= 15 is 0 Å². The Morgan fingerprint density at radius 2 is 2.16 bits per heavy atom. The molecule has 0 aliphatic carbocycles. The van der Waals surface area contributed by atoms with Crippen molar-refractivity contribution in [2.45, 2.75) is 18.9 Å². The molecular formula is C12H15F2N5. The molecule has 19 heavy (non-hydrogen) atoms. The van der Waals surface area contributed by atoms with Crippen LogP contribution in [-0.2, 0) is 19.9 Å². The first-order chi connectivity index (χ1) is 9.10. The van der Waals surface area contributed by atoms with E-state index in [9.17, 15) is 8.78 Å². The van der Waals surface area contributed by atoms with Crippen LogP contribution in [0.2, 0.25) is 0 Å². The van der Waals surface area contributed by atoms with Gasteiger partial charge in [-0.15, -0.1) is 5.10 Å². The van der Waals surface area contributed by atoms with Gasteiger partial charge < -0.3 is 0 Å². The van der Waals surface area contributed by atoms with Crippen molar-refractivity contribution in [1.82, 2.24) is 20.4 Å². The minimum atomic E-state index is -0.854. The molecule has 0 saturated heterocycles. The van der Waals surface area contributed by atoms with Crippen LogP contribution in [0.3, 0.4) is 0 Å². The summed E-state index contributed by atoms with van der Waals surface area (Å²) in [4.78, 5) is 0. The molecule has 0 bridgehead atoms. The minimum Gasteiger partial charge on any atom is -0.271 e. The average Bonchev–Trinajstić information content (AvgIpc) is 2.79. The molecular weight excluding hydrogens is 252 g/mol. The summed E-state index contributed by atoms with van der Waals surface area (Å²) in [5.41, 5.74) is 3.61. The predicted octanol–water partition coefficient (Wildman–Crippen LogP) is 0.710. The van der Waals surface area contributed by atoms with Crippen molar-refractivity contribution in [2.24, 2.45) is 12.9 Å². The zero-order valence-corrected chi connectivity index (χ0v) is 10.5. The molecule has 0 aliphatic rings. The summed E-state index contributed by atoms with van der Waals surface area (Å²) in [6.45, 7) is 0. The second kappa shape index (κ2) is 5.85. The van der Waals surface area contributed by atoms with E-state index in [4.69, 9.17) is 5.84 Å². The van der Waals surface area contributed by atoms with E-state index in [0.717, 1.165) is 11.8 Å². The van der Waals surface area contributed by atoms with Crippen LogP contribution < -0.4 is 11.3 Å². The highest BCUT2D eigenvalue weighted by Gasteiger charge is 2.15. The molecule has 5 nitrogen and oxygen atoms in total. The van der Waals surface area contributed by atoms with Gasteiger partial charge in [-0.3, -0.25) is 16.0 Å². The Morgan fingerprint density at radius 3 is 2.79 bits per heavy atom. The lowest BCUT2D eigenvalue weighted by molar-refractivity contribution is 0.472. The molecule has 0 radical (unpaired) electrons. The topological polar surface area (TPSA) is 68.8 Å². The van der Waals surface area contributed by atoms with E-state index in [-0.39, 0.29) is 18.0 Å². The van der Waals surface area contributed by atoms with Gasteiger partial charge in [0.05, 0.1) is 5.69 Å². The van der Waals surface area contributed by atoms with E-state index < -0.39 is 11.6 Å². The first-order valence-corrected chi connectivity index (χ1v) is 5.84. The molecule has 0 saturated carbocycles. The van der Waals surface area contributed by atoms with Gasteiger partial charge in [-0.05, 0) is 18.1 Å². The van der Waals surface area contributed by atoms with Gasteiger partial charge in [0.1, 0.15) is 0 Å².